The first kappa shape index (κ1) is 25.3. The summed E-state index contributed by atoms with van der Waals surface area (Å²) in [5.74, 6) is -1.27. The topological polar surface area (TPSA) is 63.6 Å². The van der Waals surface area contributed by atoms with Crippen LogP contribution in [0.1, 0.15) is 35.3 Å². The van der Waals surface area contributed by atoms with Crippen molar-refractivity contribution in [1.82, 2.24) is 9.47 Å². The third-order valence-electron chi connectivity index (χ3n) is 6.08. The Kier molecular flexibility index (Phi) is 7.60. The van der Waals surface area contributed by atoms with Gasteiger partial charge in [0.05, 0.1) is 21.8 Å². The SMILES string of the molecule is CCN(CC)C(=O)Oc1ccc2c(ccn2Cc2ccccc2)c1NC(=O)c1c(Cl)ccc(C)c1F. The Bertz CT molecular complexity index is 1410. The Morgan fingerprint density at radius 2 is 1.75 bits per heavy atom. The van der Waals surface area contributed by atoms with Gasteiger partial charge in [0.25, 0.3) is 5.91 Å². The molecule has 0 aliphatic carbocycles. The van der Waals surface area contributed by atoms with Crippen molar-refractivity contribution in [3.8, 4) is 5.75 Å². The normalized spacial score (nSPS) is 10.9. The Balaban J connectivity index is 1.78. The molecule has 4 aromatic rings. The number of fused-ring (bicyclic) bond motifs is 1. The standard InChI is InChI=1S/C28H27ClFN3O3/c1-4-32(5-2)28(35)36-23-14-13-22-20(15-16-33(22)17-19-9-7-6-8-10-19)26(23)31-27(34)24-21(29)12-11-18(3)25(24)30/h6-16H,4-5,17H2,1-3H3,(H,31,34). The Morgan fingerprint density at radius 3 is 2.44 bits per heavy atom. The number of benzene rings is 3. The van der Waals surface area contributed by atoms with Gasteiger partial charge in [0.2, 0.25) is 0 Å². The number of hydrogen-bond acceptors (Lipinski definition) is 3. The monoisotopic (exact) mass is 507 g/mol. The number of nitrogens with zero attached hydrogens (tertiary/aromatic N) is 2. The quantitative estimate of drug-likeness (QED) is 0.296. The number of halogens is 2. The summed E-state index contributed by atoms with van der Waals surface area (Å²) in [6.07, 6.45) is 1.35. The summed E-state index contributed by atoms with van der Waals surface area (Å²) >= 11 is 6.18. The van der Waals surface area contributed by atoms with Gasteiger partial charge in [-0.1, -0.05) is 48.0 Å². The molecule has 0 unspecified atom stereocenters. The minimum absolute atomic E-state index is 0.00823. The maximum absolute atomic E-state index is 14.8. The highest BCUT2D eigenvalue weighted by Crippen LogP contribution is 2.36. The second-order valence-electron chi connectivity index (χ2n) is 8.35. The highest BCUT2D eigenvalue weighted by Gasteiger charge is 2.23. The molecule has 0 saturated carbocycles. The largest absolute Gasteiger partial charge is 0.415 e. The van der Waals surface area contributed by atoms with Gasteiger partial charge < -0.3 is 19.5 Å². The summed E-state index contributed by atoms with van der Waals surface area (Å²) < 4.78 is 22.5. The molecule has 1 heterocycles. The molecule has 2 amide bonds. The van der Waals surface area contributed by atoms with E-state index in [0.717, 1.165) is 11.1 Å². The van der Waals surface area contributed by atoms with Crippen LogP contribution in [-0.4, -0.2) is 34.6 Å². The summed E-state index contributed by atoms with van der Waals surface area (Å²) in [7, 11) is 0. The smallest absolute Gasteiger partial charge is 0.408 e. The summed E-state index contributed by atoms with van der Waals surface area (Å²) in [6, 6.07) is 18.2. The molecule has 0 fully saturated rings. The van der Waals surface area contributed by atoms with Crippen LogP contribution in [0.3, 0.4) is 0 Å². The number of carbonyl (C=O) groups is 2. The number of hydrogen-bond donors (Lipinski definition) is 1. The summed E-state index contributed by atoms with van der Waals surface area (Å²) in [5, 5.41) is 3.40. The van der Waals surface area contributed by atoms with Crippen LogP contribution in [0.2, 0.25) is 5.02 Å². The summed E-state index contributed by atoms with van der Waals surface area (Å²) in [5.41, 5.74) is 2.21. The molecular weight excluding hydrogens is 481 g/mol. The molecule has 0 radical (unpaired) electrons. The van der Waals surface area contributed by atoms with Crippen molar-refractivity contribution in [3.63, 3.8) is 0 Å². The number of aryl methyl sites for hydroxylation is 1. The predicted molar refractivity (Wildman–Crippen MR) is 141 cm³/mol. The number of ether oxygens (including phenoxy) is 1. The van der Waals surface area contributed by atoms with E-state index in [0.29, 0.717) is 30.6 Å². The molecule has 0 bridgehead atoms. The van der Waals surface area contributed by atoms with E-state index in [9.17, 15) is 14.0 Å². The lowest BCUT2D eigenvalue weighted by molar-refractivity contribution is 0.102. The number of amides is 2. The molecule has 4 rings (SSSR count). The number of anilines is 1. The molecule has 1 aromatic heterocycles. The van der Waals surface area contributed by atoms with Crippen LogP contribution in [0.25, 0.3) is 10.9 Å². The van der Waals surface area contributed by atoms with Gasteiger partial charge in [0.15, 0.2) is 5.75 Å². The van der Waals surface area contributed by atoms with E-state index in [4.69, 9.17) is 16.3 Å². The number of carbonyl (C=O) groups excluding carboxylic acids is 2. The van der Waals surface area contributed by atoms with E-state index >= 15 is 0 Å². The molecular formula is C28H27ClFN3O3. The van der Waals surface area contributed by atoms with Crippen LogP contribution in [-0.2, 0) is 6.54 Å². The predicted octanol–water partition coefficient (Wildman–Crippen LogP) is 6.88. The second-order valence-corrected chi connectivity index (χ2v) is 8.76. The zero-order valence-corrected chi connectivity index (χ0v) is 21.1. The first-order valence-electron chi connectivity index (χ1n) is 11.7. The van der Waals surface area contributed by atoms with Crippen molar-refractivity contribution >= 4 is 40.2 Å². The molecule has 0 atom stereocenters. The first-order chi connectivity index (χ1) is 17.3. The van der Waals surface area contributed by atoms with Crippen LogP contribution in [0, 0.1) is 12.7 Å². The minimum Gasteiger partial charge on any atom is -0.408 e. The zero-order chi connectivity index (χ0) is 25.8. The maximum atomic E-state index is 14.8. The fourth-order valence-corrected chi connectivity index (χ4v) is 4.30. The third-order valence-corrected chi connectivity index (χ3v) is 6.39. The summed E-state index contributed by atoms with van der Waals surface area (Å²) in [4.78, 5) is 27.5. The van der Waals surface area contributed by atoms with E-state index in [1.807, 2.05) is 67.1 Å². The molecule has 8 heteroatoms. The van der Waals surface area contributed by atoms with Gasteiger partial charge in [-0.3, -0.25) is 4.79 Å². The van der Waals surface area contributed by atoms with Crippen molar-refractivity contribution in [2.45, 2.75) is 27.3 Å². The Labute approximate surface area is 214 Å². The lowest BCUT2D eigenvalue weighted by Gasteiger charge is -2.20. The number of aromatic nitrogens is 1. The third kappa shape index (κ3) is 5.06. The Hall–Kier alpha value is -3.84. The highest BCUT2D eigenvalue weighted by molar-refractivity contribution is 6.34. The van der Waals surface area contributed by atoms with E-state index in [1.54, 1.807) is 13.0 Å². The van der Waals surface area contributed by atoms with E-state index in [1.165, 1.54) is 17.0 Å². The number of nitrogens with one attached hydrogen (secondary N) is 1. The van der Waals surface area contributed by atoms with Crippen molar-refractivity contribution < 1.29 is 18.7 Å². The molecule has 36 heavy (non-hydrogen) atoms. The van der Waals surface area contributed by atoms with Gasteiger partial charge in [-0.2, -0.15) is 0 Å². The van der Waals surface area contributed by atoms with Gasteiger partial charge in [-0.05, 0) is 56.2 Å². The minimum atomic E-state index is -0.732. The average Bonchev–Trinajstić information content (AvgIpc) is 3.27. The van der Waals surface area contributed by atoms with Crippen LogP contribution < -0.4 is 10.1 Å². The fourth-order valence-electron chi connectivity index (χ4n) is 4.07. The average molecular weight is 508 g/mol. The van der Waals surface area contributed by atoms with Crippen LogP contribution in [0.5, 0.6) is 5.75 Å². The van der Waals surface area contributed by atoms with Gasteiger partial charge in [-0.15, -0.1) is 0 Å². The summed E-state index contributed by atoms with van der Waals surface area (Å²) in [6.45, 7) is 6.80. The highest BCUT2D eigenvalue weighted by atomic mass is 35.5. The van der Waals surface area contributed by atoms with Crippen LogP contribution in [0.4, 0.5) is 14.9 Å². The van der Waals surface area contributed by atoms with Crippen molar-refractivity contribution in [1.29, 1.82) is 0 Å². The molecule has 0 spiro atoms. The molecule has 6 nitrogen and oxygen atoms in total. The first-order valence-corrected chi connectivity index (χ1v) is 12.1. The van der Waals surface area contributed by atoms with E-state index in [2.05, 4.69) is 5.32 Å². The fraction of sp³-hybridized carbons (Fsp3) is 0.214. The molecule has 0 saturated heterocycles. The van der Waals surface area contributed by atoms with E-state index < -0.39 is 17.8 Å². The Morgan fingerprint density at radius 1 is 1.03 bits per heavy atom. The zero-order valence-electron chi connectivity index (χ0n) is 20.3. The lowest BCUT2D eigenvalue weighted by atomic mass is 10.1. The molecule has 1 N–H and O–H groups in total. The number of rotatable bonds is 7. The molecule has 186 valence electrons. The van der Waals surface area contributed by atoms with Crippen molar-refractivity contribution in [2.75, 3.05) is 18.4 Å². The van der Waals surface area contributed by atoms with Crippen LogP contribution >= 0.6 is 11.6 Å². The molecule has 0 aliphatic heterocycles. The molecule has 0 aliphatic rings. The second kappa shape index (κ2) is 10.8. The molecule has 3 aromatic carbocycles. The van der Waals surface area contributed by atoms with E-state index in [-0.39, 0.29) is 22.0 Å². The van der Waals surface area contributed by atoms with Crippen molar-refractivity contribution in [2.24, 2.45) is 0 Å². The van der Waals surface area contributed by atoms with Gasteiger partial charge >= 0.3 is 6.09 Å². The van der Waals surface area contributed by atoms with Gasteiger partial charge in [0.1, 0.15) is 5.82 Å². The van der Waals surface area contributed by atoms with Gasteiger partial charge in [-0.25, -0.2) is 9.18 Å². The lowest BCUT2D eigenvalue weighted by Crippen LogP contribution is -2.33. The maximum Gasteiger partial charge on any atom is 0.415 e. The van der Waals surface area contributed by atoms with Gasteiger partial charge in [0, 0.05) is 31.2 Å². The van der Waals surface area contributed by atoms with Crippen LogP contribution in [0.15, 0.2) is 66.9 Å². The van der Waals surface area contributed by atoms with Crippen molar-refractivity contribution in [3.05, 3.63) is 94.4 Å².